The third-order valence-electron chi connectivity index (χ3n) is 4.88. The van der Waals surface area contributed by atoms with Crippen molar-refractivity contribution in [2.24, 2.45) is 5.10 Å². The van der Waals surface area contributed by atoms with E-state index < -0.39 is 0 Å². The van der Waals surface area contributed by atoms with E-state index in [0.717, 1.165) is 43.9 Å². The largest absolute Gasteiger partial charge is 0.360 e. The Morgan fingerprint density at radius 2 is 1.81 bits per heavy atom. The summed E-state index contributed by atoms with van der Waals surface area (Å²) < 4.78 is 0. The van der Waals surface area contributed by atoms with Crippen molar-refractivity contribution in [1.29, 1.82) is 0 Å². The highest BCUT2D eigenvalue weighted by atomic mass is 16.2. The van der Waals surface area contributed by atoms with Gasteiger partial charge in [0.05, 0.1) is 45.4 Å². The molecule has 0 radical (unpaired) electrons. The van der Waals surface area contributed by atoms with Crippen LogP contribution in [0.3, 0.4) is 0 Å². The number of hydrogen-bond donors (Lipinski definition) is 2. The molecule has 2 aromatic rings. The lowest BCUT2D eigenvalue weighted by Gasteiger charge is -2.33. The first-order chi connectivity index (χ1) is 12.7. The van der Waals surface area contributed by atoms with Gasteiger partial charge in [0.1, 0.15) is 0 Å². The summed E-state index contributed by atoms with van der Waals surface area (Å²) in [5, 5.41) is 4.08. The van der Waals surface area contributed by atoms with Gasteiger partial charge >= 0.3 is 0 Å². The number of rotatable bonds is 6. The summed E-state index contributed by atoms with van der Waals surface area (Å²) in [6, 6.07) is 18.5. The minimum absolute atomic E-state index is 0.0205. The van der Waals surface area contributed by atoms with E-state index in [1.54, 1.807) is 6.21 Å². The number of aryl methyl sites for hydroxylation is 1. The van der Waals surface area contributed by atoms with Crippen molar-refractivity contribution in [2.45, 2.75) is 13.3 Å². The molecule has 1 heterocycles. The van der Waals surface area contributed by atoms with Crippen molar-refractivity contribution >= 4 is 17.8 Å². The summed E-state index contributed by atoms with van der Waals surface area (Å²) >= 11 is 0. The summed E-state index contributed by atoms with van der Waals surface area (Å²) in [5.41, 5.74) is 6.09. The van der Waals surface area contributed by atoms with Crippen LogP contribution in [0.4, 0.5) is 5.69 Å². The number of quaternary nitrogens is 1. The van der Waals surface area contributed by atoms with Gasteiger partial charge < -0.3 is 9.80 Å². The van der Waals surface area contributed by atoms with E-state index in [0.29, 0.717) is 6.42 Å². The molecule has 1 fully saturated rings. The lowest BCUT2D eigenvalue weighted by molar-refractivity contribution is -0.900. The number of hydrogen-bond acceptors (Lipinski definition) is 3. The molecular formula is C21H27N4O+. The molecule has 136 valence electrons. The molecule has 5 nitrogen and oxygen atoms in total. The van der Waals surface area contributed by atoms with Crippen molar-refractivity contribution in [3.8, 4) is 0 Å². The van der Waals surface area contributed by atoms with Crippen LogP contribution in [0.25, 0.3) is 0 Å². The number of nitrogens with one attached hydrogen (secondary N) is 2. The van der Waals surface area contributed by atoms with Gasteiger partial charge in [-0.15, -0.1) is 0 Å². The molecule has 2 aromatic carbocycles. The first-order valence-electron chi connectivity index (χ1n) is 9.23. The summed E-state index contributed by atoms with van der Waals surface area (Å²) in [6.07, 6.45) is 2.21. The molecule has 3 rings (SSSR count). The Hall–Kier alpha value is -2.66. The second kappa shape index (κ2) is 9.15. The molecule has 0 aromatic heterocycles. The lowest BCUT2D eigenvalue weighted by Crippen LogP contribution is -3.15. The molecule has 5 heteroatoms. The third-order valence-corrected chi connectivity index (χ3v) is 4.88. The molecule has 2 N–H and O–H groups in total. The number of benzene rings is 2. The van der Waals surface area contributed by atoms with Crippen molar-refractivity contribution in [1.82, 2.24) is 5.43 Å². The molecule has 1 saturated heterocycles. The molecule has 0 spiro atoms. The van der Waals surface area contributed by atoms with Crippen LogP contribution in [-0.2, 0) is 4.79 Å². The van der Waals surface area contributed by atoms with Gasteiger partial charge in [-0.1, -0.05) is 42.5 Å². The number of carbonyl (C=O) groups is 1. The maximum Gasteiger partial charge on any atom is 0.245 e. The van der Waals surface area contributed by atoms with Gasteiger partial charge in [0.25, 0.3) is 0 Å². The quantitative estimate of drug-likeness (QED) is 0.608. The normalized spacial score (nSPS) is 15.3. The van der Waals surface area contributed by atoms with E-state index in [1.807, 2.05) is 37.3 Å². The highest BCUT2D eigenvalue weighted by Crippen LogP contribution is 2.12. The van der Waals surface area contributed by atoms with Gasteiger partial charge in [-0.2, -0.15) is 5.10 Å². The zero-order valence-corrected chi connectivity index (χ0v) is 15.3. The number of para-hydroxylation sites is 1. The summed E-state index contributed by atoms with van der Waals surface area (Å²) in [5.74, 6) is -0.0205. The molecule has 0 bridgehead atoms. The molecule has 0 saturated carbocycles. The molecule has 1 aliphatic heterocycles. The molecule has 26 heavy (non-hydrogen) atoms. The number of carbonyl (C=O) groups excluding carboxylic acids is 1. The van der Waals surface area contributed by atoms with Crippen molar-refractivity contribution in [3.63, 3.8) is 0 Å². The van der Waals surface area contributed by atoms with Crippen LogP contribution in [0.2, 0.25) is 0 Å². The van der Waals surface area contributed by atoms with E-state index in [9.17, 15) is 4.79 Å². The minimum Gasteiger partial charge on any atom is -0.360 e. The van der Waals surface area contributed by atoms with Crippen molar-refractivity contribution in [2.75, 3.05) is 37.6 Å². The standard InChI is InChI=1S/C21H26N4O/c1-18-7-5-6-8-19(18)17-22-23-21(26)11-12-24-13-15-25(16-14-24)20-9-3-2-4-10-20/h2-10,17H,11-16H2,1H3,(H,23,26)/p+1/b22-17-. The average Bonchev–Trinajstić information content (AvgIpc) is 2.69. The van der Waals surface area contributed by atoms with E-state index >= 15 is 0 Å². The summed E-state index contributed by atoms with van der Waals surface area (Å²) in [6.45, 7) is 7.08. The van der Waals surface area contributed by atoms with Gasteiger partial charge in [-0.05, 0) is 30.2 Å². The average molecular weight is 351 g/mol. The number of amides is 1. The highest BCUT2D eigenvalue weighted by molar-refractivity contribution is 5.83. The molecule has 1 aliphatic rings. The predicted molar refractivity (Wildman–Crippen MR) is 106 cm³/mol. The Morgan fingerprint density at radius 3 is 2.54 bits per heavy atom. The first-order valence-corrected chi connectivity index (χ1v) is 9.23. The van der Waals surface area contributed by atoms with E-state index in [-0.39, 0.29) is 5.91 Å². The van der Waals surface area contributed by atoms with E-state index in [1.165, 1.54) is 10.6 Å². The van der Waals surface area contributed by atoms with Crippen molar-refractivity contribution < 1.29 is 9.69 Å². The van der Waals surface area contributed by atoms with Crippen LogP contribution in [0, 0.1) is 6.92 Å². The third kappa shape index (κ3) is 5.17. The predicted octanol–water partition coefficient (Wildman–Crippen LogP) is 1.24. The second-order valence-electron chi connectivity index (χ2n) is 6.72. The smallest absolute Gasteiger partial charge is 0.245 e. The Kier molecular flexibility index (Phi) is 6.39. The molecular weight excluding hydrogens is 324 g/mol. The van der Waals surface area contributed by atoms with Crippen LogP contribution in [0.5, 0.6) is 0 Å². The Balaban J connectivity index is 1.37. The van der Waals surface area contributed by atoms with Crippen LogP contribution < -0.4 is 15.2 Å². The highest BCUT2D eigenvalue weighted by Gasteiger charge is 2.20. The van der Waals surface area contributed by atoms with Crippen LogP contribution >= 0.6 is 0 Å². The van der Waals surface area contributed by atoms with Gasteiger partial charge in [0.2, 0.25) is 5.91 Å². The first kappa shape index (κ1) is 18.1. The molecule has 0 unspecified atom stereocenters. The number of nitrogens with zero attached hydrogens (tertiary/aromatic N) is 2. The van der Waals surface area contributed by atoms with Crippen LogP contribution in [-0.4, -0.2) is 44.8 Å². The second-order valence-corrected chi connectivity index (χ2v) is 6.72. The van der Waals surface area contributed by atoms with Crippen molar-refractivity contribution in [3.05, 3.63) is 65.7 Å². The van der Waals surface area contributed by atoms with Gasteiger partial charge in [-0.25, -0.2) is 5.43 Å². The number of hydrazone groups is 1. The molecule has 0 atom stereocenters. The van der Waals surface area contributed by atoms with Crippen LogP contribution in [0.1, 0.15) is 17.5 Å². The van der Waals surface area contributed by atoms with E-state index in [4.69, 9.17) is 0 Å². The Morgan fingerprint density at radius 1 is 1.12 bits per heavy atom. The fourth-order valence-corrected chi connectivity index (χ4v) is 3.22. The fourth-order valence-electron chi connectivity index (χ4n) is 3.22. The zero-order valence-electron chi connectivity index (χ0n) is 15.3. The Bertz CT molecular complexity index is 737. The topological polar surface area (TPSA) is 49.1 Å². The van der Waals surface area contributed by atoms with Gasteiger partial charge in [0.15, 0.2) is 0 Å². The maximum absolute atomic E-state index is 12.0. The van der Waals surface area contributed by atoms with Gasteiger partial charge in [0, 0.05) is 5.69 Å². The van der Waals surface area contributed by atoms with Gasteiger partial charge in [-0.3, -0.25) is 4.79 Å². The molecule has 1 amide bonds. The summed E-state index contributed by atoms with van der Waals surface area (Å²) in [7, 11) is 0. The molecule has 0 aliphatic carbocycles. The lowest BCUT2D eigenvalue weighted by atomic mass is 10.1. The number of anilines is 1. The zero-order chi connectivity index (χ0) is 18.2. The fraction of sp³-hybridized carbons (Fsp3) is 0.333. The SMILES string of the molecule is Cc1ccccc1/C=N\NC(=O)CC[NH+]1CCN(c2ccccc2)CC1. The Labute approximate surface area is 155 Å². The van der Waals surface area contributed by atoms with Crippen LogP contribution in [0.15, 0.2) is 59.7 Å². The number of piperazine rings is 1. The van der Waals surface area contributed by atoms with E-state index in [2.05, 4.69) is 39.7 Å². The minimum atomic E-state index is -0.0205. The monoisotopic (exact) mass is 351 g/mol. The maximum atomic E-state index is 12.0. The summed E-state index contributed by atoms with van der Waals surface area (Å²) in [4.78, 5) is 15.9.